The maximum absolute atomic E-state index is 13.4. The van der Waals surface area contributed by atoms with Gasteiger partial charge in [0.2, 0.25) is 10.0 Å². The third-order valence-corrected chi connectivity index (χ3v) is 7.60. The molecule has 0 radical (unpaired) electrons. The number of aryl methyl sites for hydroxylation is 1. The number of hydrogen-bond donors (Lipinski definition) is 2. The van der Waals surface area contributed by atoms with E-state index in [-0.39, 0.29) is 17.2 Å². The summed E-state index contributed by atoms with van der Waals surface area (Å²) in [5, 5.41) is 16.3. The van der Waals surface area contributed by atoms with Gasteiger partial charge in [-0.15, -0.1) is 0 Å². The van der Waals surface area contributed by atoms with Gasteiger partial charge in [0, 0.05) is 17.1 Å². The normalized spacial score (nSPS) is 11.9. The molecule has 0 saturated carbocycles. The van der Waals surface area contributed by atoms with Crippen LogP contribution in [0.1, 0.15) is 16.7 Å². The molecule has 7 nitrogen and oxygen atoms in total. The highest BCUT2D eigenvalue weighted by molar-refractivity contribution is 7.89. The Morgan fingerprint density at radius 1 is 1.03 bits per heavy atom. The van der Waals surface area contributed by atoms with Crippen LogP contribution in [0.15, 0.2) is 94.9 Å². The van der Waals surface area contributed by atoms with Crippen molar-refractivity contribution >= 4 is 44.5 Å². The maximum Gasteiger partial charge on any atom is 0.255 e. The number of benzene rings is 4. The predicted octanol–water partition coefficient (Wildman–Crippen LogP) is 4.85. The maximum atomic E-state index is 13.4. The van der Waals surface area contributed by atoms with Gasteiger partial charge in [-0.1, -0.05) is 71.8 Å². The molecule has 1 amide bonds. The lowest BCUT2D eigenvalue weighted by Gasteiger charge is -2.21. The Morgan fingerprint density at radius 3 is 2.53 bits per heavy atom. The molecule has 0 spiro atoms. The fourth-order valence-corrected chi connectivity index (χ4v) is 5.29. The molecule has 9 heteroatoms. The lowest BCUT2D eigenvalue weighted by Crippen LogP contribution is -2.39. The molecule has 0 bridgehead atoms. The van der Waals surface area contributed by atoms with Crippen molar-refractivity contribution < 1.29 is 18.3 Å². The van der Waals surface area contributed by atoms with Crippen molar-refractivity contribution in [3.05, 3.63) is 107 Å². The van der Waals surface area contributed by atoms with E-state index in [1.807, 2.05) is 49.4 Å². The molecule has 4 aromatic carbocycles. The van der Waals surface area contributed by atoms with Crippen LogP contribution in [0.5, 0.6) is 5.75 Å². The number of hydrogen-bond acceptors (Lipinski definition) is 5. The number of amides is 1. The van der Waals surface area contributed by atoms with E-state index >= 15 is 0 Å². The molecular formula is C27H24ClN3O4S. The van der Waals surface area contributed by atoms with Crippen LogP contribution >= 0.6 is 11.6 Å². The van der Waals surface area contributed by atoms with Crippen LogP contribution in [0.4, 0.5) is 0 Å². The predicted molar refractivity (Wildman–Crippen MR) is 142 cm³/mol. The highest BCUT2D eigenvalue weighted by Gasteiger charge is 2.27. The second-order valence-corrected chi connectivity index (χ2v) is 10.6. The molecule has 4 rings (SSSR count). The van der Waals surface area contributed by atoms with Gasteiger partial charge in [0.05, 0.1) is 17.7 Å². The summed E-state index contributed by atoms with van der Waals surface area (Å²) in [6.07, 6.45) is 1.34. The van der Waals surface area contributed by atoms with Gasteiger partial charge >= 0.3 is 0 Å². The number of halogens is 1. The quantitative estimate of drug-likeness (QED) is 0.256. The summed E-state index contributed by atoms with van der Waals surface area (Å²) in [7, 11) is -4.01. The van der Waals surface area contributed by atoms with Crippen molar-refractivity contribution in [1.29, 1.82) is 0 Å². The van der Waals surface area contributed by atoms with E-state index < -0.39 is 22.5 Å². The Kier molecular flexibility index (Phi) is 7.69. The van der Waals surface area contributed by atoms with Gasteiger partial charge in [-0.25, -0.2) is 13.8 Å². The number of nitrogens with zero attached hydrogens (tertiary/aromatic N) is 2. The Morgan fingerprint density at radius 2 is 1.78 bits per heavy atom. The lowest BCUT2D eigenvalue weighted by atomic mass is 10.0. The molecule has 36 heavy (non-hydrogen) atoms. The van der Waals surface area contributed by atoms with E-state index in [0.717, 1.165) is 26.2 Å². The number of sulfonamides is 1. The Balaban J connectivity index is 1.56. The van der Waals surface area contributed by atoms with Gasteiger partial charge in [0.1, 0.15) is 5.75 Å². The van der Waals surface area contributed by atoms with E-state index in [1.54, 1.807) is 18.2 Å². The molecule has 0 aromatic heterocycles. The molecular weight excluding hydrogens is 498 g/mol. The zero-order valence-corrected chi connectivity index (χ0v) is 21.0. The average Bonchev–Trinajstić information content (AvgIpc) is 2.85. The van der Waals surface area contributed by atoms with Gasteiger partial charge < -0.3 is 5.11 Å². The van der Waals surface area contributed by atoms with Crippen LogP contribution in [0.3, 0.4) is 0 Å². The largest absolute Gasteiger partial charge is 0.507 e. The van der Waals surface area contributed by atoms with Crippen LogP contribution in [0, 0.1) is 6.92 Å². The number of carbonyl (C=O) groups excluding carboxylic acids is 1. The van der Waals surface area contributed by atoms with Gasteiger partial charge in [-0.2, -0.15) is 9.41 Å². The Labute approximate surface area is 214 Å². The van der Waals surface area contributed by atoms with E-state index in [0.29, 0.717) is 10.6 Å². The summed E-state index contributed by atoms with van der Waals surface area (Å²) in [5.41, 5.74) is 4.53. The van der Waals surface area contributed by atoms with Crippen LogP contribution < -0.4 is 5.43 Å². The zero-order chi connectivity index (χ0) is 25.7. The minimum Gasteiger partial charge on any atom is -0.507 e. The van der Waals surface area contributed by atoms with E-state index in [1.165, 1.54) is 30.5 Å². The number of phenolic OH excluding ortho intramolecular Hbond substituents is 1. The van der Waals surface area contributed by atoms with Crippen molar-refractivity contribution in [2.75, 3.05) is 6.54 Å². The number of nitrogens with one attached hydrogen (secondary N) is 1. The Bertz CT molecular complexity index is 1540. The molecule has 0 unspecified atom stereocenters. The summed E-state index contributed by atoms with van der Waals surface area (Å²) in [5.74, 6) is -0.616. The molecule has 0 heterocycles. The third kappa shape index (κ3) is 5.91. The smallest absolute Gasteiger partial charge is 0.255 e. The van der Waals surface area contributed by atoms with Crippen LogP contribution in [0.25, 0.3) is 10.8 Å². The monoisotopic (exact) mass is 521 g/mol. The van der Waals surface area contributed by atoms with Gasteiger partial charge in [-0.05, 0) is 53.6 Å². The first-order valence-corrected chi connectivity index (χ1v) is 12.9. The molecule has 0 atom stereocenters. The highest BCUT2D eigenvalue weighted by atomic mass is 35.5. The van der Waals surface area contributed by atoms with Crippen LogP contribution in [-0.2, 0) is 21.4 Å². The zero-order valence-electron chi connectivity index (χ0n) is 19.4. The van der Waals surface area contributed by atoms with Crippen LogP contribution in [0.2, 0.25) is 5.02 Å². The first-order valence-electron chi connectivity index (χ1n) is 11.1. The number of carbonyl (C=O) groups is 1. The number of phenols is 1. The fourth-order valence-electron chi connectivity index (χ4n) is 3.78. The number of fused-ring (bicyclic) bond motifs is 1. The average molecular weight is 522 g/mol. The van der Waals surface area contributed by atoms with Gasteiger partial charge in [0.15, 0.2) is 0 Å². The van der Waals surface area contributed by atoms with Gasteiger partial charge in [-0.3, -0.25) is 4.79 Å². The van der Waals surface area contributed by atoms with E-state index in [4.69, 9.17) is 11.6 Å². The Hall–Kier alpha value is -3.72. The molecule has 0 saturated heterocycles. The second kappa shape index (κ2) is 10.9. The van der Waals surface area contributed by atoms with Crippen molar-refractivity contribution in [3.63, 3.8) is 0 Å². The van der Waals surface area contributed by atoms with Gasteiger partial charge in [0.25, 0.3) is 5.91 Å². The van der Waals surface area contributed by atoms with Crippen molar-refractivity contribution in [2.24, 2.45) is 5.10 Å². The molecule has 0 aliphatic rings. The standard InChI is InChI=1S/C27H24ClN3O4S/c1-19-5-4-6-20(15-19)17-31(36(34,35)23-12-10-22(28)11-13-23)18-27(33)30-29-16-25-24-8-3-2-7-21(24)9-14-26(25)32/h2-16,32H,17-18H2,1H3,(H,30,33)/b29-16-. The van der Waals surface area contributed by atoms with Crippen LogP contribution in [-0.4, -0.2) is 36.5 Å². The third-order valence-electron chi connectivity index (χ3n) is 5.54. The summed E-state index contributed by atoms with van der Waals surface area (Å²) in [6.45, 7) is 1.44. The SMILES string of the molecule is Cc1cccc(CN(CC(=O)N/N=C\c2c(O)ccc3ccccc23)S(=O)(=O)c2ccc(Cl)cc2)c1. The molecule has 2 N–H and O–H groups in total. The molecule has 0 aliphatic carbocycles. The first kappa shape index (κ1) is 25.4. The summed E-state index contributed by atoms with van der Waals surface area (Å²) >= 11 is 5.92. The summed E-state index contributed by atoms with van der Waals surface area (Å²) in [6, 6.07) is 24.0. The van der Waals surface area contributed by atoms with Crippen molar-refractivity contribution in [1.82, 2.24) is 9.73 Å². The summed E-state index contributed by atoms with van der Waals surface area (Å²) < 4.78 is 27.9. The number of hydrazone groups is 1. The van der Waals surface area contributed by atoms with E-state index in [9.17, 15) is 18.3 Å². The minimum atomic E-state index is -4.01. The number of rotatable bonds is 8. The highest BCUT2D eigenvalue weighted by Crippen LogP contribution is 2.25. The second-order valence-electron chi connectivity index (χ2n) is 8.23. The van der Waals surface area contributed by atoms with Crippen molar-refractivity contribution in [3.8, 4) is 5.75 Å². The first-order chi connectivity index (χ1) is 17.2. The molecule has 0 aliphatic heterocycles. The lowest BCUT2D eigenvalue weighted by molar-refractivity contribution is -0.121. The minimum absolute atomic E-state index is 0.00607. The molecule has 4 aromatic rings. The topological polar surface area (TPSA) is 99.1 Å². The van der Waals surface area contributed by atoms with Crippen molar-refractivity contribution in [2.45, 2.75) is 18.4 Å². The van der Waals surface area contributed by atoms with E-state index in [2.05, 4.69) is 10.5 Å². The number of aromatic hydroxyl groups is 1. The summed E-state index contributed by atoms with van der Waals surface area (Å²) in [4.78, 5) is 12.8. The fraction of sp³-hybridized carbons (Fsp3) is 0.111. The molecule has 184 valence electrons. The molecule has 0 fully saturated rings.